The van der Waals surface area contributed by atoms with Gasteiger partial charge >= 0.3 is 0 Å². The standard InChI is InChI=1S/C23H22F2N6O2/c1-3-9-23(26,10-4-2)22-28-20(29-33-22)18-19-15-6-5-11-30(15)21(32)16-14(31(19)12-27-18)8-7-13(24)17(16)25/h3-4,7-8,12,15H,1-2,5-6,9-11,26H2/t15-/m0/s1. The predicted molar refractivity (Wildman–Crippen MR) is 115 cm³/mol. The molecule has 1 saturated heterocycles. The van der Waals surface area contributed by atoms with E-state index in [1.807, 2.05) is 0 Å². The molecule has 4 heterocycles. The van der Waals surface area contributed by atoms with Crippen molar-refractivity contribution in [3.05, 3.63) is 72.6 Å². The molecular formula is C23H22F2N6O2. The maximum atomic E-state index is 14.7. The number of hydrogen-bond acceptors (Lipinski definition) is 6. The first-order chi connectivity index (χ1) is 15.9. The monoisotopic (exact) mass is 452 g/mol. The first kappa shape index (κ1) is 21.2. The molecule has 0 bridgehead atoms. The summed E-state index contributed by atoms with van der Waals surface area (Å²) in [6, 6.07) is 1.99. The molecule has 1 atom stereocenters. The van der Waals surface area contributed by atoms with Gasteiger partial charge in [-0.2, -0.15) is 4.98 Å². The van der Waals surface area contributed by atoms with E-state index in [2.05, 4.69) is 28.3 Å². The molecule has 5 rings (SSSR count). The highest BCUT2D eigenvalue weighted by Gasteiger charge is 2.42. The molecule has 8 nitrogen and oxygen atoms in total. The Hall–Kier alpha value is -3.66. The summed E-state index contributed by atoms with van der Waals surface area (Å²) in [5, 5.41) is 4.10. The zero-order chi connectivity index (χ0) is 23.3. The van der Waals surface area contributed by atoms with Gasteiger partial charge in [0.15, 0.2) is 11.6 Å². The van der Waals surface area contributed by atoms with E-state index in [1.165, 1.54) is 12.4 Å². The fraction of sp³-hybridized carbons (Fsp3) is 0.304. The van der Waals surface area contributed by atoms with Crippen molar-refractivity contribution in [1.82, 2.24) is 24.6 Å². The van der Waals surface area contributed by atoms with E-state index in [1.54, 1.807) is 21.6 Å². The zero-order valence-electron chi connectivity index (χ0n) is 17.8. The van der Waals surface area contributed by atoms with Gasteiger partial charge in [0.05, 0.1) is 17.4 Å². The first-order valence-corrected chi connectivity index (χ1v) is 10.6. The molecule has 10 heteroatoms. The maximum absolute atomic E-state index is 14.7. The summed E-state index contributed by atoms with van der Waals surface area (Å²) in [5.41, 5.74) is 6.43. The van der Waals surface area contributed by atoms with Crippen LogP contribution in [0.3, 0.4) is 0 Å². The van der Waals surface area contributed by atoms with Gasteiger partial charge in [0, 0.05) is 6.54 Å². The highest BCUT2D eigenvalue weighted by Crippen LogP contribution is 2.42. The Morgan fingerprint density at radius 3 is 2.76 bits per heavy atom. The van der Waals surface area contributed by atoms with Crippen molar-refractivity contribution in [2.24, 2.45) is 5.73 Å². The summed E-state index contributed by atoms with van der Waals surface area (Å²) in [6.07, 6.45) is 6.95. The Balaban J connectivity index is 1.68. The second-order valence-electron chi connectivity index (χ2n) is 8.33. The van der Waals surface area contributed by atoms with Gasteiger partial charge in [-0.15, -0.1) is 13.2 Å². The van der Waals surface area contributed by atoms with Gasteiger partial charge in [0.1, 0.15) is 23.1 Å². The number of imidazole rings is 1. The van der Waals surface area contributed by atoms with E-state index < -0.39 is 29.1 Å². The number of aromatic nitrogens is 4. The number of carbonyl (C=O) groups excluding carboxylic acids is 1. The molecule has 2 N–H and O–H groups in total. The van der Waals surface area contributed by atoms with Crippen molar-refractivity contribution in [2.45, 2.75) is 37.3 Å². The summed E-state index contributed by atoms with van der Waals surface area (Å²) in [5.74, 6) is -2.39. The van der Waals surface area contributed by atoms with Crippen molar-refractivity contribution >= 4 is 5.91 Å². The molecule has 0 radical (unpaired) electrons. The van der Waals surface area contributed by atoms with Crippen LogP contribution in [0.5, 0.6) is 0 Å². The lowest BCUT2D eigenvalue weighted by Gasteiger charge is -2.23. The lowest BCUT2D eigenvalue weighted by atomic mass is 9.92. The van der Waals surface area contributed by atoms with Crippen molar-refractivity contribution < 1.29 is 18.1 Å². The van der Waals surface area contributed by atoms with Crippen molar-refractivity contribution in [2.75, 3.05) is 6.54 Å². The molecule has 0 spiro atoms. The molecule has 0 aliphatic carbocycles. The third kappa shape index (κ3) is 3.12. The molecule has 2 aliphatic heterocycles. The van der Waals surface area contributed by atoms with E-state index in [4.69, 9.17) is 10.3 Å². The largest absolute Gasteiger partial charge is 0.337 e. The predicted octanol–water partition coefficient (Wildman–Crippen LogP) is 3.80. The topological polar surface area (TPSA) is 103 Å². The van der Waals surface area contributed by atoms with Crippen LogP contribution in [0, 0.1) is 11.6 Å². The Labute approximate surface area is 188 Å². The Kier molecular flexibility index (Phi) is 4.97. The average molecular weight is 452 g/mol. The number of hydrogen-bond donors (Lipinski definition) is 1. The van der Waals surface area contributed by atoms with E-state index in [9.17, 15) is 13.6 Å². The van der Waals surface area contributed by atoms with Crippen LogP contribution in [0.15, 0.2) is 48.3 Å². The highest BCUT2D eigenvalue weighted by molar-refractivity contribution is 5.99. The van der Waals surface area contributed by atoms with Gasteiger partial charge in [-0.05, 0) is 37.8 Å². The molecular weight excluding hydrogens is 430 g/mol. The van der Waals surface area contributed by atoms with E-state index in [0.717, 1.165) is 12.5 Å². The van der Waals surface area contributed by atoms with Gasteiger partial charge in [-0.25, -0.2) is 13.8 Å². The van der Waals surface area contributed by atoms with Crippen LogP contribution >= 0.6 is 0 Å². The van der Waals surface area contributed by atoms with Crippen LogP contribution in [0.1, 0.15) is 53.7 Å². The van der Waals surface area contributed by atoms with Crippen LogP contribution in [0.25, 0.3) is 17.2 Å². The molecule has 2 aromatic heterocycles. The van der Waals surface area contributed by atoms with E-state index >= 15 is 0 Å². The molecule has 0 unspecified atom stereocenters. The number of fused-ring (bicyclic) bond motifs is 5. The molecule has 33 heavy (non-hydrogen) atoms. The Bertz CT molecular complexity index is 1270. The number of halogens is 2. The molecule has 1 aromatic carbocycles. The summed E-state index contributed by atoms with van der Waals surface area (Å²) < 4.78 is 35.9. The van der Waals surface area contributed by atoms with Crippen LogP contribution < -0.4 is 5.73 Å². The maximum Gasteiger partial charge on any atom is 0.259 e. The number of rotatable bonds is 6. The lowest BCUT2D eigenvalue weighted by molar-refractivity contribution is 0.0733. The quantitative estimate of drug-likeness (QED) is 0.571. The van der Waals surface area contributed by atoms with Gasteiger partial charge in [-0.3, -0.25) is 9.36 Å². The minimum absolute atomic E-state index is 0.201. The second kappa shape index (κ2) is 7.73. The number of amides is 1. The minimum Gasteiger partial charge on any atom is -0.337 e. The van der Waals surface area contributed by atoms with Gasteiger partial charge in [-0.1, -0.05) is 17.3 Å². The normalized spacial score (nSPS) is 17.4. The summed E-state index contributed by atoms with van der Waals surface area (Å²) in [6.45, 7) is 7.91. The van der Waals surface area contributed by atoms with Gasteiger partial charge in [0.2, 0.25) is 11.7 Å². The zero-order valence-corrected chi connectivity index (χ0v) is 17.8. The van der Waals surface area contributed by atoms with Gasteiger partial charge < -0.3 is 15.2 Å². The second-order valence-corrected chi connectivity index (χ2v) is 8.33. The van der Waals surface area contributed by atoms with Gasteiger partial charge in [0.25, 0.3) is 5.91 Å². The fourth-order valence-corrected chi connectivity index (χ4v) is 4.72. The number of nitrogens with zero attached hydrogens (tertiary/aromatic N) is 5. The van der Waals surface area contributed by atoms with Crippen LogP contribution in [0.2, 0.25) is 0 Å². The highest BCUT2D eigenvalue weighted by atomic mass is 19.2. The number of benzene rings is 1. The van der Waals surface area contributed by atoms with Crippen LogP contribution in [-0.4, -0.2) is 37.0 Å². The average Bonchev–Trinajstić information content (AvgIpc) is 3.53. The molecule has 1 amide bonds. The fourth-order valence-electron chi connectivity index (χ4n) is 4.72. The summed E-state index contributed by atoms with van der Waals surface area (Å²) in [7, 11) is 0. The third-order valence-electron chi connectivity index (χ3n) is 6.26. The third-order valence-corrected chi connectivity index (χ3v) is 6.26. The van der Waals surface area contributed by atoms with Crippen molar-refractivity contribution in [1.29, 1.82) is 0 Å². The van der Waals surface area contributed by atoms with E-state index in [0.29, 0.717) is 37.2 Å². The van der Waals surface area contributed by atoms with Crippen molar-refractivity contribution in [3.63, 3.8) is 0 Å². The number of carbonyl (C=O) groups is 1. The smallest absolute Gasteiger partial charge is 0.259 e. The Morgan fingerprint density at radius 2 is 2.03 bits per heavy atom. The Morgan fingerprint density at radius 1 is 1.27 bits per heavy atom. The SMILES string of the molecule is C=CCC(N)(CC=C)c1nc(-c2ncn3c2[C@@H]2CCCN2C(=O)c2c-3ccc(F)c2F)no1. The summed E-state index contributed by atoms with van der Waals surface area (Å²) >= 11 is 0. The molecule has 0 saturated carbocycles. The van der Waals surface area contributed by atoms with Crippen LogP contribution in [0.4, 0.5) is 8.78 Å². The molecule has 2 aliphatic rings. The molecule has 3 aromatic rings. The molecule has 170 valence electrons. The minimum atomic E-state index is -1.17. The van der Waals surface area contributed by atoms with Crippen LogP contribution in [-0.2, 0) is 5.54 Å². The number of nitrogens with two attached hydrogens (primary N) is 1. The molecule has 1 fully saturated rings. The first-order valence-electron chi connectivity index (χ1n) is 10.6. The summed E-state index contributed by atoms with van der Waals surface area (Å²) in [4.78, 5) is 23.7. The van der Waals surface area contributed by atoms with Crippen molar-refractivity contribution in [3.8, 4) is 17.2 Å². The van der Waals surface area contributed by atoms with E-state index in [-0.39, 0.29) is 23.0 Å². The lowest BCUT2D eigenvalue weighted by Crippen LogP contribution is -2.36.